The number of nitro benzene ring substituents is 1. The largest absolute Gasteiger partial charge is 0.476 e. The number of benzene rings is 1. The van der Waals surface area contributed by atoms with Crippen molar-refractivity contribution in [3.05, 3.63) is 45.8 Å². The zero-order valence-corrected chi connectivity index (χ0v) is 11.8. The number of aromatic carboxylic acids is 1. The van der Waals surface area contributed by atoms with Crippen LogP contribution in [0.15, 0.2) is 24.3 Å². The molecule has 2 rings (SSSR count). The van der Waals surface area contributed by atoms with Crippen LogP contribution in [0.4, 0.5) is 5.69 Å². The number of nitro groups is 1. The predicted octanol–water partition coefficient (Wildman–Crippen LogP) is 2.17. The molecule has 0 bridgehead atoms. The van der Waals surface area contributed by atoms with E-state index in [2.05, 4.69) is 10.3 Å². The first-order chi connectivity index (χ1) is 9.71. The molecule has 1 heterocycles. The highest BCUT2D eigenvalue weighted by Gasteiger charge is 2.29. The average Bonchev–Trinajstić information content (AvgIpc) is 2.83. The molecule has 110 valence electrons. The molecule has 1 N–H and O–H groups in total. The first-order valence-electron chi connectivity index (χ1n) is 6.16. The number of hydrogen-bond donors (Lipinski definition) is 1. The Morgan fingerprint density at radius 3 is 2.29 bits per heavy atom. The van der Waals surface area contributed by atoms with Gasteiger partial charge in [0.15, 0.2) is 5.69 Å². The van der Waals surface area contributed by atoms with E-state index < -0.39 is 16.3 Å². The number of hydrogen-bond acceptors (Lipinski definition) is 5. The molecule has 0 radical (unpaired) electrons. The zero-order valence-electron chi connectivity index (χ0n) is 11.8. The summed E-state index contributed by atoms with van der Waals surface area (Å²) in [6, 6.07) is 5.69. The van der Waals surface area contributed by atoms with E-state index in [0.717, 1.165) is 0 Å². The Balaban J connectivity index is 2.59. The van der Waals surface area contributed by atoms with Crippen LogP contribution in [0.25, 0.3) is 5.69 Å². The van der Waals surface area contributed by atoms with Crippen LogP contribution in [-0.2, 0) is 5.41 Å². The van der Waals surface area contributed by atoms with Crippen molar-refractivity contribution in [2.24, 2.45) is 0 Å². The number of rotatable bonds is 3. The summed E-state index contributed by atoms with van der Waals surface area (Å²) in [6.45, 7) is 5.54. The second-order valence-corrected chi connectivity index (χ2v) is 5.53. The standard InChI is InChI=1S/C13H14N4O4/c1-13(2,3)11-10(12(18)19)14-15-16(11)8-4-6-9(7-5-8)17(20)21/h4-7H,1-3H3,(H,18,19). The molecule has 0 saturated carbocycles. The van der Waals surface area contributed by atoms with Crippen molar-refractivity contribution in [2.75, 3.05) is 0 Å². The maximum atomic E-state index is 11.3. The Morgan fingerprint density at radius 1 is 1.29 bits per heavy atom. The van der Waals surface area contributed by atoms with E-state index in [4.69, 9.17) is 0 Å². The molecule has 0 unspecified atom stereocenters. The van der Waals surface area contributed by atoms with E-state index in [1.807, 2.05) is 20.8 Å². The summed E-state index contributed by atoms with van der Waals surface area (Å²) in [5, 5.41) is 27.4. The third-order valence-electron chi connectivity index (χ3n) is 2.89. The third kappa shape index (κ3) is 2.73. The highest BCUT2D eigenvalue weighted by Crippen LogP contribution is 2.27. The van der Waals surface area contributed by atoms with Gasteiger partial charge in [0.2, 0.25) is 0 Å². The van der Waals surface area contributed by atoms with E-state index in [1.165, 1.54) is 28.9 Å². The topological polar surface area (TPSA) is 111 Å². The number of carboxylic acid groups (broad SMARTS) is 1. The zero-order chi connectivity index (χ0) is 15.8. The Kier molecular flexibility index (Phi) is 3.46. The quantitative estimate of drug-likeness (QED) is 0.685. The monoisotopic (exact) mass is 290 g/mol. The summed E-state index contributed by atoms with van der Waals surface area (Å²) in [6.07, 6.45) is 0. The minimum Gasteiger partial charge on any atom is -0.476 e. The minimum atomic E-state index is -1.16. The van der Waals surface area contributed by atoms with Gasteiger partial charge in [-0.15, -0.1) is 5.10 Å². The number of non-ortho nitro benzene ring substituents is 1. The summed E-state index contributed by atoms with van der Waals surface area (Å²) >= 11 is 0. The van der Waals surface area contributed by atoms with Gasteiger partial charge in [-0.05, 0) is 12.1 Å². The van der Waals surface area contributed by atoms with E-state index >= 15 is 0 Å². The van der Waals surface area contributed by atoms with Gasteiger partial charge in [-0.25, -0.2) is 9.48 Å². The van der Waals surface area contributed by atoms with Gasteiger partial charge < -0.3 is 5.11 Å². The summed E-state index contributed by atoms with van der Waals surface area (Å²) in [7, 11) is 0. The Bertz CT molecular complexity index is 698. The number of nitrogens with zero attached hydrogens (tertiary/aromatic N) is 4. The molecule has 1 aromatic heterocycles. The molecule has 0 aliphatic rings. The third-order valence-corrected chi connectivity index (χ3v) is 2.89. The van der Waals surface area contributed by atoms with Gasteiger partial charge in [0.25, 0.3) is 5.69 Å². The normalized spacial score (nSPS) is 11.4. The Hall–Kier alpha value is -2.77. The molecular formula is C13H14N4O4. The van der Waals surface area contributed by atoms with Gasteiger partial charge in [-0.1, -0.05) is 26.0 Å². The van der Waals surface area contributed by atoms with Gasteiger partial charge in [0, 0.05) is 17.5 Å². The van der Waals surface area contributed by atoms with Crippen molar-refractivity contribution in [3.63, 3.8) is 0 Å². The number of carboxylic acids is 1. The van der Waals surface area contributed by atoms with Crippen molar-refractivity contribution in [3.8, 4) is 5.69 Å². The van der Waals surface area contributed by atoms with Crippen LogP contribution in [0.5, 0.6) is 0 Å². The van der Waals surface area contributed by atoms with Crippen molar-refractivity contribution >= 4 is 11.7 Å². The maximum Gasteiger partial charge on any atom is 0.358 e. The summed E-state index contributed by atoms with van der Waals surface area (Å²) < 4.78 is 1.40. The molecule has 1 aromatic carbocycles. The van der Waals surface area contributed by atoms with E-state index in [9.17, 15) is 20.0 Å². The van der Waals surface area contributed by atoms with Crippen molar-refractivity contribution in [1.29, 1.82) is 0 Å². The molecule has 0 fully saturated rings. The molecule has 8 heteroatoms. The lowest BCUT2D eigenvalue weighted by Crippen LogP contribution is -2.21. The molecule has 8 nitrogen and oxygen atoms in total. The van der Waals surface area contributed by atoms with Gasteiger partial charge in [0.05, 0.1) is 16.3 Å². The predicted molar refractivity (Wildman–Crippen MR) is 73.7 cm³/mol. The Labute approximate surface area is 120 Å². The molecule has 0 spiro atoms. The van der Waals surface area contributed by atoms with Crippen LogP contribution >= 0.6 is 0 Å². The second kappa shape index (κ2) is 4.97. The van der Waals surface area contributed by atoms with E-state index in [1.54, 1.807) is 0 Å². The van der Waals surface area contributed by atoms with Crippen LogP contribution in [0.1, 0.15) is 37.0 Å². The Morgan fingerprint density at radius 2 is 1.86 bits per heavy atom. The lowest BCUT2D eigenvalue weighted by Gasteiger charge is -2.20. The van der Waals surface area contributed by atoms with E-state index in [0.29, 0.717) is 11.4 Å². The molecule has 21 heavy (non-hydrogen) atoms. The van der Waals surface area contributed by atoms with Crippen LogP contribution in [0, 0.1) is 10.1 Å². The van der Waals surface area contributed by atoms with Gasteiger partial charge in [-0.2, -0.15) is 0 Å². The molecule has 0 aliphatic heterocycles. The highest BCUT2D eigenvalue weighted by atomic mass is 16.6. The molecule has 2 aromatic rings. The van der Waals surface area contributed by atoms with Gasteiger partial charge in [0.1, 0.15) is 0 Å². The minimum absolute atomic E-state index is 0.0466. The van der Waals surface area contributed by atoms with Crippen molar-refractivity contribution in [2.45, 2.75) is 26.2 Å². The number of carbonyl (C=O) groups is 1. The SMILES string of the molecule is CC(C)(C)c1c(C(=O)O)nnn1-c1ccc([N+](=O)[O-])cc1. The van der Waals surface area contributed by atoms with Crippen LogP contribution in [0.3, 0.4) is 0 Å². The molecule has 0 atom stereocenters. The smallest absolute Gasteiger partial charge is 0.358 e. The molecular weight excluding hydrogens is 276 g/mol. The molecule has 0 amide bonds. The average molecular weight is 290 g/mol. The first-order valence-corrected chi connectivity index (χ1v) is 6.16. The fourth-order valence-electron chi connectivity index (χ4n) is 2.00. The fourth-order valence-corrected chi connectivity index (χ4v) is 2.00. The second-order valence-electron chi connectivity index (χ2n) is 5.53. The van der Waals surface area contributed by atoms with Gasteiger partial charge in [-0.3, -0.25) is 10.1 Å². The molecule has 0 aliphatic carbocycles. The van der Waals surface area contributed by atoms with E-state index in [-0.39, 0.29) is 11.4 Å². The summed E-state index contributed by atoms with van der Waals surface area (Å²) in [5.41, 5.74) is 0.281. The first kappa shape index (κ1) is 14.6. The van der Waals surface area contributed by atoms with Crippen molar-refractivity contribution in [1.82, 2.24) is 15.0 Å². The molecule has 0 saturated heterocycles. The lowest BCUT2D eigenvalue weighted by molar-refractivity contribution is -0.384. The lowest BCUT2D eigenvalue weighted by atomic mass is 9.90. The van der Waals surface area contributed by atoms with Gasteiger partial charge >= 0.3 is 5.97 Å². The summed E-state index contributed by atoms with van der Waals surface area (Å²) in [4.78, 5) is 21.4. The van der Waals surface area contributed by atoms with Crippen LogP contribution in [-0.4, -0.2) is 31.0 Å². The van der Waals surface area contributed by atoms with Crippen LogP contribution in [0.2, 0.25) is 0 Å². The highest BCUT2D eigenvalue weighted by molar-refractivity contribution is 5.87. The maximum absolute atomic E-state index is 11.3. The fraction of sp³-hybridized carbons (Fsp3) is 0.308. The van der Waals surface area contributed by atoms with Crippen molar-refractivity contribution < 1.29 is 14.8 Å². The summed E-state index contributed by atoms with van der Waals surface area (Å²) in [5.74, 6) is -1.16. The number of aromatic nitrogens is 3. The van der Waals surface area contributed by atoms with Crippen LogP contribution < -0.4 is 0 Å².